The van der Waals surface area contributed by atoms with Gasteiger partial charge >= 0.3 is 5.97 Å². The summed E-state index contributed by atoms with van der Waals surface area (Å²) in [6, 6.07) is 17.8. The second kappa shape index (κ2) is 10.1. The number of carboxylic acids is 1. The number of hydrogen-bond acceptors (Lipinski definition) is 5. The number of hydrogen-bond donors (Lipinski definition) is 1. The summed E-state index contributed by atoms with van der Waals surface area (Å²) in [5, 5.41) is 9.99. The number of halogens is 1. The molecule has 192 valence electrons. The Bertz CT molecular complexity index is 1410. The highest BCUT2D eigenvalue weighted by molar-refractivity contribution is 6.33. The quantitative estimate of drug-likeness (QED) is 0.290. The molecule has 5 rings (SSSR count). The van der Waals surface area contributed by atoms with Crippen LogP contribution < -0.4 is 4.74 Å². The van der Waals surface area contributed by atoms with Crippen LogP contribution in [0.4, 0.5) is 0 Å². The first-order chi connectivity index (χ1) is 17.7. The molecule has 8 heteroatoms. The summed E-state index contributed by atoms with van der Waals surface area (Å²) in [5.74, 6) is 0.795. The minimum absolute atomic E-state index is 0.122. The van der Waals surface area contributed by atoms with Crippen LogP contribution in [-0.4, -0.2) is 37.7 Å². The molecule has 1 aliphatic carbocycles. The van der Waals surface area contributed by atoms with Gasteiger partial charge in [-0.3, -0.25) is 4.40 Å². The molecule has 0 bridgehead atoms. The van der Waals surface area contributed by atoms with E-state index in [1.165, 1.54) is 0 Å². The van der Waals surface area contributed by atoms with Gasteiger partial charge in [0, 0.05) is 23.9 Å². The monoisotopic (exact) mass is 519 g/mol. The van der Waals surface area contributed by atoms with Crippen molar-refractivity contribution in [3.8, 4) is 17.0 Å². The van der Waals surface area contributed by atoms with Crippen LogP contribution in [0.15, 0.2) is 67.0 Å². The molecule has 4 aromatic rings. The van der Waals surface area contributed by atoms with Crippen molar-refractivity contribution in [3.63, 3.8) is 0 Å². The zero-order chi connectivity index (χ0) is 26.2. The molecule has 1 aliphatic rings. The van der Waals surface area contributed by atoms with E-state index in [0.29, 0.717) is 24.6 Å². The second-order valence-corrected chi connectivity index (χ2v) is 10.9. The summed E-state index contributed by atoms with van der Waals surface area (Å²) in [7, 11) is 0. The number of rotatable bonds is 8. The number of carbonyl (C=O) groups is 1. The number of aliphatic carboxylic acids is 1. The fraction of sp³-hybridized carbons (Fsp3) is 0.345. The lowest BCUT2D eigenvalue weighted by molar-refractivity contribution is -0.170. The molecule has 2 aromatic heterocycles. The van der Waals surface area contributed by atoms with Crippen molar-refractivity contribution in [2.45, 2.75) is 58.3 Å². The Hall–Kier alpha value is -3.42. The number of fused-ring (bicyclic) bond motifs is 1. The van der Waals surface area contributed by atoms with Crippen LogP contribution in [-0.2, 0) is 16.1 Å². The van der Waals surface area contributed by atoms with Gasteiger partial charge in [-0.25, -0.2) is 14.8 Å². The summed E-state index contributed by atoms with van der Waals surface area (Å²) in [6.07, 6.45) is 3.93. The van der Waals surface area contributed by atoms with Gasteiger partial charge in [-0.15, -0.1) is 0 Å². The van der Waals surface area contributed by atoms with E-state index in [-0.39, 0.29) is 12.0 Å². The summed E-state index contributed by atoms with van der Waals surface area (Å²) < 4.78 is 14.0. The first-order valence-electron chi connectivity index (χ1n) is 12.4. The molecule has 0 radical (unpaired) electrons. The summed E-state index contributed by atoms with van der Waals surface area (Å²) in [5.41, 5.74) is 2.96. The second-order valence-electron chi connectivity index (χ2n) is 10.6. The Labute approximate surface area is 221 Å². The van der Waals surface area contributed by atoms with Crippen molar-refractivity contribution in [1.29, 1.82) is 0 Å². The van der Waals surface area contributed by atoms with Crippen LogP contribution in [0.5, 0.6) is 5.75 Å². The molecule has 1 unspecified atom stereocenters. The Kier molecular flexibility index (Phi) is 6.92. The van der Waals surface area contributed by atoms with Crippen LogP contribution in [0.3, 0.4) is 0 Å². The van der Waals surface area contributed by atoms with Gasteiger partial charge in [-0.2, -0.15) is 0 Å². The largest absolute Gasteiger partial charge is 0.489 e. The Morgan fingerprint density at radius 3 is 2.62 bits per heavy atom. The standard InChI is InChI=1S/C29H30ClN3O4/c1-29(2,3)25(28(34)35)37-22-15-20(16-22)27-32-23(24-26(30)31-12-13-33(24)27)19-10-7-11-21(14-19)36-17-18-8-5-4-6-9-18/h4-14,20,22,25H,15-17H2,1-3H3,(H,34,35). The Morgan fingerprint density at radius 2 is 1.92 bits per heavy atom. The lowest BCUT2D eigenvalue weighted by Crippen LogP contribution is -2.43. The Morgan fingerprint density at radius 1 is 1.16 bits per heavy atom. The molecule has 2 aromatic carbocycles. The lowest BCUT2D eigenvalue weighted by Gasteiger charge is -2.39. The summed E-state index contributed by atoms with van der Waals surface area (Å²) in [6.45, 7) is 6.10. The van der Waals surface area contributed by atoms with E-state index < -0.39 is 17.5 Å². The number of ether oxygens (including phenoxy) is 2. The average molecular weight is 520 g/mol. The average Bonchev–Trinajstić information content (AvgIpc) is 3.22. The first-order valence-corrected chi connectivity index (χ1v) is 12.8. The smallest absolute Gasteiger partial charge is 0.333 e. The molecule has 7 nitrogen and oxygen atoms in total. The zero-order valence-corrected chi connectivity index (χ0v) is 21.9. The topological polar surface area (TPSA) is 86.0 Å². The third kappa shape index (κ3) is 5.33. The normalized spacial score (nSPS) is 18.4. The van der Waals surface area contributed by atoms with Crippen molar-refractivity contribution < 1.29 is 19.4 Å². The van der Waals surface area contributed by atoms with Gasteiger partial charge in [-0.05, 0) is 36.0 Å². The van der Waals surface area contributed by atoms with E-state index in [9.17, 15) is 9.90 Å². The maximum Gasteiger partial charge on any atom is 0.333 e. The molecular formula is C29H30ClN3O4. The highest BCUT2D eigenvalue weighted by Crippen LogP contribution is 2.43. The number of imidazole rings is 1. The molecule has 1 fully saturated rings. The number of aromatic nitrogens is 3. The molecular weight excluding hydrogens is 490 g/mol. The van der Waals surface area contributed by atoms with Gasteiger partial charge in [0.15, 0.2) is 11.3 Å². The van der Waals surface area contributed by atoms with Gasteiger partial charge in [0.05, 0.1) is 11.8 Å². The van der Waals surface area contributed by atoms with Gasteiger partial charge < -0.3 is 14.6 Å². The molecule has 2 heterocycles. The van der Waals surface area contributed by atoms with Crippen molar-refractivity contribution in [2.24, 2.45) is 5.41 Å². The van der Waals surface area contributed by atoms with Gasteiger partial charge in [0.25, 0.3) is 0 Å². The molecule has 0 aliphatic heterocycles. The summed E-state index contributed by atoms with van der Waals surface area (Å²) >= 11 is 6.56. The third-order valence-corrected chi connectivity index (χ3v) is 6.97. The van der Waals surface area contributed by atoms with Crippen LogP contribution in [0.2, 0.25) is 5.15 Å². The molecule has 1 atom stereocenters. The predicted molar refractivity (Wildman–Crippen MR) is 142 cm³/mol. The summed E-state index contributed by atoms with van der Waals surface area (Å²) in [4.78, 5) is 21.0. The van der Waals surface area contributed by atoms with Crippen molar-refractivity contribution in [1.82, 2.24) is 14.4 Å². The highest BCUT2D eigenvalue weighted by atomic mass is 35.5. The van der Waals surface area contributed by atoms with E-state index in [0.717, 1.165) is 33.9 Å². The maximum atomic E-state index is 11.7. The van der Waals surface area contributed by atoms with E-state index in [1.807, 2.05) is 86.0 Å². The molecule has 0 spiro atoms. The molecule has 0 amide bonds. The number of benzene rings is 2. The van der Waals surface area contributed by atoms with Gasteiger partial charge in [-0.1, -0.05) is 74.8 Å². The van der Waals surface area contributed by atoms with Crippen LogP contribution >= 0.6 is 11.6 Å². The first kappa shape index (κ1) is 25.2. The van der Waals surface area contributed by atoms with E-state index in [4.69, 9.17) is 26.1 Å². The fourth-order valence-electron chi connectivity index (χ4n) is 4.70. The minimum atomic E-state index is -0.934. The Balaban J connectivity index is 1.39. The van der Waals surface area contributed by atoms with Crippen molar-refractivity contribution >= 4 is 23.1 Å². The molecule has 37 heavy (non-hydrogen) atoms. The SMILES string of the molecule is CC(C)(C)C(OC1CC(c2nc(-c3cccc(OCc4ccccc4)c3)c3c(Cl)nccn23)C1)C(=O)O. The van der Waals surface area contributed by atoms with E-state index in [1.54, 1.807) is 6.20 Å². The van der Waals surface area contributed by atoms with Crippen LogP contribution in [0.1, 0.15) is 50.9 Å². The van der Waals surface area contributed by atoms with E-state index >= 15 is 0 Å². The van der Waals surface area contributed by atoms with Gasteiger partial charge in [0.2, 0.25) is 0 Å². The molecule has 1 saturated carbocycles. The van der Waals surface area contributed by atoms with Gasteiger partial charge in [0.1, 0.15) is 23.7 Å². The molecule has 1 N–H and O–H groups in total. The van der Waals surface area contributed by atoms with Crippen molar-refractivity contribution in [3.05, 3.63) is 83.5 Å². The predicted octanol–water partition coefficient (Wildman–Crippen LogP) is 6.39. The molecule has 0 saturated heterocycles. The van der Waals surface area contributed by atoms with Crippen LogP contribution in [0, 0.1) is 5.41 Å². The lowest BCUT2D eigenvalue weighted by atomic mass is 9.80. The number of carboxylic acid groups (broad SMARTS) is 1. The third-order valence-electron chi connectivity index (χ3n) is 6.69. The fourth-order valence-corrected chi connectivity index (χ4v) is 4.94. The van der Waals surface area contributed by atoms with E-state index in [2.05, 4.69) is 4.98 Å². The minimum Gasteiger partial charge on any atom is -0.489 e. The number of nitrogens with zero attached hydrogens (tertiary/aromatic N) is 3. The van der Waals surface area contributed by atoms with Crippen LogP contribution in [0.25, 0.3) is 16.8 Å². The zero-order valence-electron chi connectivity index (χ0n) is 21.1. The van der Waals surface area contributed by atoms with Crippen molar-refractivity contribution in [2.75, 3.05) is 0 Å². The maximum absolute atomic E-state index is 11.7. The highest BCUT2D eigenvalue weighted by Gasteiger charge is 2.41.